The predicted molar refractivity (Wildman–Crippen MR) is 107 cm³/mol. The maximum Gasteiger partial charge on any atom is 0.257 e. The Hall–Kier alpha value is -3.06. The summed E-state index contributed by atoms with van der Waals surface area (Å²) in [7, 11) is 0. The van der Waals surface area contributed by atoms with E-state index in [4.69, 9.17) is 4.52 Å². The second-order valence-electron chi connectivity index (χ2n) is 7.41. The van der Waals surface area contributed by atoms with Gasteiger partial charge in [0.2, 0.25) is 0 Å². The highest BCUT2D eigenvalue weighted by atomic mass is 19.1. The van der Waals surface area contributed by atoms with Crippen LogP contribution in [0.2, 0.25) is 0 Å². The summed E-state index contributed by atoms with van der Waals surface area (Å²) in [5.41, 5.74) is 3.56. The number of carbonyl (C=O) groups excluding carboxylic acids is 1. The van der Waals surface area contributed by atoms with Crippen molar-refractivity contribution in [3.8, 4) is 11.5 Å². The first-order valence-electron chi connectivity index (χ1n) is 9.67. The highest BCUT2D eigenvalue weighted by Crippen LogP contribution is 2.19. The van der Waals surface area contributed by atoms with E-state index >= 15 is 0 Å². The van der Waals surface area contributed by atoms with E-state index in [1.165, 1.54) is 12.1 Å². The third-order valence-corrected chi connectivity index (χ3v) is 5.21. The van der Waals surface area contributed by atoms with Crippen LogP contribution in [0.3, 0.4) is 0 Å². The molecule has 3 aromatic rings. The molecule has 0 radical (unpaired) electrons. The lowest BCUT2D eigenvalue weighted by atomic mass is 10.0. The SMILES string of the molecule is Cc1ccc(C)c(C(=O)N2CCN(Cc3noc(-c4ccc(F)cc4)n3)CC2)c1. The van der Waals surface area contributed by atoms with E-state index in [0.29, 0.717) is 36.9 Å². The predicted octanol–water partition coefficient (Wildman–Crippen LogP) is 3.45. The Labute approximate surface area is 168 Å². The maximum absolute atomic E-state index is 13.1. The van der Waals surface area contributed by atoms with Gasteiger partial charge >= 0.3 is 0 Å². The van der Waals surface area contributed by atoms with Gasteiger partial charge < -0.3 is 9.42 Å². The molecule has 7 heteroatoms. The van der Waals surface area contributed by atoms with E-state index in [1.54, 1.807) is 12.1 Å². The molecule has 0 unspecified atom stereocenters. The summed E-state index contributed by atoms with van der Waals surface area (Å²) in [6.45, 7) is 7.34. The number of piperazine rings is 1. The molecule has 1 aliphatic rings. The van der Waals surface area contributed by atoms with E-state index in [9.17, 15) is 9.18 Å². The van der Waals surface area contributed by atoms with Crippen LogP contribution in [-0.2, 0) is 6.54 Å². The summed E-state index contributed by atoms with van der Waals surface area (Å²) >= 11 is 0. The van der Waals surface area contributed by atoms with Crippen LogP contribution in [0.1, 0.15) is 27.3 Å². The number of rotatable bonds is 4. The Kier molecular flexibility index (Phi) is 5.40. The molecule has 1 saturated heterocycles. The van der Waals surface area contributed by atoms with Gasteiger partial charge in [-0.25, -0.2) is 4.39 Å². The van der Waals surface area contributed by atoms with Gasteiger partial charge in [-0.05, 0) is 49.7 Å². The van der Waals surface area contributed by atoms with Gasteiger partial charge in [-0.1, -0.05) is 22.9 Å². The number of benzene rings is 2. The van der Waals surface area contributed by atoms with Gasteiger partial charge in [-0.15, -0.1) is 0 Å². The Balaban J connectivity index is 1.35. The van der Waals surface area contributed by atoms with Crippen molar-refractivity contribution in [3.05, 3.63) is 70.8 Å². The number of nitrogens with zero attached hydrogens (tertiary/aromatic N) is 4. The average molecular weight is 394 g/mol. The lowest BCUT2D eigenvalue weighted by Crippen LogP contribution is -2.48. The van der Waals surface area contributed by atoms with Gasteiger partial charge in [0.15, 0.2) is 5.82 Å². The van der Waals surface area contributed by atoms with Crippen molar-refractivity contribution in [3.63, 3.8) is 0 Å². The molecule has 1 aliphatic heterocycles. The molecule has 0 saturated carbocycles. The van der Waals surface area contributed by atoms with Crippen LogP contribution in [0.15, 0.2) is 47.0 Å². The lowest BCUT2D eigenvalue weighted by molar-refractivity contribution is 0.0623. The van der Waals surface area contributed by atoms with Crippen molar-refractivity contribution in [2.75, 3.05) is 26.2 Å². The summed E-state index contributed by atoms with van der Waals surface area (Å²) in [6, 6.07) is 11.9. The first-order chi connectivity index (χ1) is 14.0. The fraction of sp³-hybridized carbons (Fsp3) is 0.318. The normalized spacial score (nSPS) is 14.9. The molecule has 0 atom stereocenters. The summed E-state index contributed by atoms with van der Waals surface area (Å²) in [5, 5.41) is 4.03. The summed E-state index contributed by atoms with van der Waals surface area (Å²) in [6.07, 6.45) is 0. The Morgan fingerprint density at radius 2 is 1.79 bits per heavy atom. The van der Waals surface area contributed by atoms with E-state index in [-0.39, 0.29) is 11.7 Å². The van der Waals surface area contributed by atoms with Crippen LogP contribution in [0.4, 0.5) is 4.39 Å². The number of halogens is 1. The van der Waals surface area contributed by atoms with Crippen LogP contribution >= 0.6 is 0 Å². The molecule has 1 aromatic heterocycles. The van der Waals surface area contributed by atoms with Crippen LogP contribution < -0.4 is 0 Å². The lowest BCUT2D eigenvalue weighted by Gasteiger charge is -2.34. The van der Waals surface area contributed by atoms with Crippen LogP contribution in [0, 0.1) is 19.7 Å². The Bertz CT molecular complexity index is 1010. The molecule has 1 fully saturated rings. The second-order valence-corrected chi connectivity index (χ2v) is 7.41. The van der Waals surface area contributed by atoms with Crippen LogP contribution in [0.25, 0.3) is 11.5 Å². The quantitative estimate of drug-likeness (QED) is 0.678. The summed E-state index contributed by atoms with van der Waals surface area (Å²) < 4.78 is 18.4. The van der Waals surface area contributed by atoms with Crippen molar-refractivity contribution in [1.82, 2.24) is 19.9 Å². The van der Waals surface area contributed by atoms with Gasteiger partial charge in [0.05, 0.1) is 6.54 Å². The van der Waals surface area contributed by atoms with E-state index in [2.05, 4.69) is 15.0 Å². The highest BCUT2D eigenvalue weighted by molar-refractivity contribution is 5.95. The monoisotopic (exact) mass is 394 g/mol. The number of amides is 1. The summed E-state index contributed by atoms with van der Waals surface area (Å²) in [4.78, 5) is 21.4. The average Bonchev–Trinajstić information content (AvgIpc) is 3.19. The number of hydrogen-bond acceptors (Lipinski definition) is 5. The van der Waals surface area contributed by atoms with Crippen molar-refractivity contribution in [2.24, 2.45) is 0 Å². The molecule has 150 valence electrons. The molecule has 29 heavy (non-hydrogen) atoms. The van der Waals surface area contributed by atoms with Crippen molar-refractivity contribution < 1.29 is 13.7 Å². The van der Waals surface area contributed by atoms with E-state index in [0.717, 1.165) is 29.8 Å². The largest absolute Gasteiger partial charge is 0.336 e. The van der Waals surface area contributed by atoms with Gasteiger partial charge in [0.25, 0.3) is 11.8 Å². The fourth-order valence-electron chi connectivity index (χ4n) is 3.47. The minimum Gasteiger partial charge on any atom is -0.336 e. The molecule has 6 nitrogen and oxygen atoms in total. The van der Waals surface area contributed by atoms with E-state index < -0.39 is 0 Å². The van der Waals surface area contributed by atoms with E-state index in [1.807, 2.05) is 36.9 Å². The number of carbonyl (C=O) groups is 1. The first-order valence-corrected chi connectivity index (χ1v) is 9.67. The molecule has 0 aliphatic carbocycles. The smallest absolute Gasteiger partial charge is 0.257 e. The van der Waals surface area contributed by atoms with Gasteiger partial charge in [-0.2, -0.15) is 4.98 Å². The third kappa shape index (κ3) is 4.35. The highest BCUT2D eigenvalue weighted by Gasteiger charge is 2.24. The van der Waals surface area contributed by atoms with Crippen molar-refractivity contribution in [1.29, 1.82) is 0 Å². The van der Waals surface area contributed by atoms with Crippen LogP contribution in [-0.4, -0.2) is 52.0 Å². The maximum atomic E-state index is 13.1. The molecule has 4 rings (SSSR count). The molecular weight excluding hydrogens is 371 g/mol. The zero-order valence-electron chi connectivity index (χ0n) is 16.6. The fourth-order valence-corrected chi connectivity index (χ4v) is 3.47. The minimum atomic E-state index is -0.304. The molecular formula is C22H23FN4O2. The molecule has 0 spiro atoms. The van der Waals surface area contributed by atoms with Gasteiger partial charge in [0.1, 0.15) is 5.82 Å². The summed E-state index contributed by atoms with van der Waals surface area (Å²) in [5.74, 6) is 0.744. The number of aromatic nitrogens is 2. The molecule has 1 amide bonds. The minimum absolute atomic E-state index is 0.0870. The number of hydrogen-bond donors (Lipinski definition) is 0. The standard InChI is InChI=1S/C22H23FN4O2/c1-15-3-4-16(2)19(13-15)22(28)27-11-9-26(10-12-27)14-20-24-21(29-25-20)17-5-7-18(23)8-6-17/h3-8,13H,9-12,14H2,1-2H3. The number of aryl methyl sites for hydroxylation is 2. The molecule has 0 N–H and O–H groups in total. The third-order valence-electron chi connectivity index (χ3n) is 5.21. The van der Waals surface area contributed by atoms with Gasteiger partial charge in [-0.3, -0.25) is 9.69 Å². The molecule has 0 bridgehead atoms. The van der Waals surface area contributed by atoms with Crippen LogP contribution in [0.5, 0.6) is 0 Å². The zero-order chi connectivity index (χ0) is 20.4. The second kappa shape index (κ2) is 8.13. The van der Waals surface area contributed by atoms with Crippen molar-refractivity contribution >= 4 is 5.91 Å². The zero-order valence-corrected chi connectivity index (χ0v) is 16.6. The molecule has 2 heterocycles. The van der Waals surface area contributed by atoms with Crippen molar-refractivity contribution in [2.45, 2.75) is 20.4 Å². The Morgan fingerprint density at radius 3 is 2.52 bits per heavy atom. The molecule has 2 aromatic carbocycles. The topological polar surface area (TPSA) is 62.5 Å². The first kappa shape index (κ1) is 19.3. The Morgan fingerprint density at radius 1 is 1.07 bits per heavy atom. The van der Waals surface area contributed by atoms with Gasteiger partial charge in [0, 0.05) is 37.3 Å².